The highest BCUT2D eigenvalue weighted by Gasteiger charge is 2.42. The lowest BCUT2D eigenvalue weighted by molar-refractivity contribution is -0.138. The Morgan fingerprint density at radius 1 is 1.35 bits per heavy atom. The number of amides is 1. The summed E-state index contributed by atoms with van der Waals surface area (Å²) >= 11 is 0. The molecule has 1 atom stereocenters. The predicted octanol–water partition coefficient (Wildman–Crippen LogP) is 1.03. The zero-order valence-electron chi connectivity index (χ0n) is 12.1. The topological polar surface area (TPSA) is 71.6 Å². The summed E-state index contributed by atoms with van der Waals surface area (Å²) in [7, 11) is 0. The van der Waals surface area contributed by atoms with Crippen molar-refractivity contribution < 1.29 is 27.4 Å². The molecule has 6 nitrogen and oxygen atoms in total. The van der Waals surface area contributed by atoms with Gasteiger partial charge in [-0.1, -0.05) is 0 Å². The molecule has 2 saturated heterocycles. The van der Waals surface area contributed by atoms with Gasteiger partial charge < -0.3 is 19.4 Å². The van der Waals surface area contributed by atoms with Gasteiger partial charge in [-0.05, 0) is 6.07 Å². The highest BCUT2D eigenvalue weighted by atomic mass is 19.4. The Bertz CT molecular complexity index is 665. The number of nitrogens with one attached hydrogen (secondary N) is 1. The standard InChI is InChI=1S/C14H15F3N2O4/c15-14(16,17)10-5-9(6-18-11(10)20)12(21)19-2-4-23-13(7-19)1-3-22-8-13/h5-6H,1-4,7-8H2,(H,18,20). The molecule has 1 amide bonds. The van der Waals surface area contributed by atoms with Crippen molar-refractivity contribution in [3.8, 4) is 0 Å². The molecule has 1 aromatic heterocycles. The molecule has 0 bridgehead atoms. The number of carbonyl (C=O) groups excluding carboxylic acids is 1. The van der Waals surface area contributed by atoms with Gasteiger partial charge in [-0.2, -0.15) is 13.2 Å². The van der Waals surface area contributed by atoms with Crippen molar-refractivity contribution >= 4 is 5.91 Å². The Kier molecular flexibility index (Phi) is 3.93. The number of rotatable bonds is 1. The van der Waals surface area contributed by atoms with E-state index < -0.39 is 28.8 Å². The largest absolute Gasteiger partial charge is 0.421 e. The average Bonchev–Trinajstić information content (AvgIpc) is 2.93. The van der Waals surface area contributed by atoms with Gasteiger partial charge in [-0.15, -0.1) is 0 Å². The number of alkyl halides is 3. The predicted molar refractivity (Wildman–Crippen MR) is 72.1 cm³/mol. The van der Waals surface area contributed by atoms with E-state index in [1.165, 1.54) is 4.90 Å². The van der Waals surface area contributed by atoms with E-state index in [1.54, 1.807) is 0 Å². The summed E-state index contributed by atoms with van der Waals surface area (Å²) in [5.74, 6) is -0.568. The van der Waals surface area contributed by atoms with Crippen LogP contribution in [0.5, 0.6) is 0 Å². The smallest absolute Gasteiger partial charge is 0.378 e. The van der Waals surface area contributed by atoms with Gasteiger partial charge in [-0.25, -0.2) is 0 Å². The molecule has 2 aliphatic rings. The van der Waals surface area contributed by atoms with Crippen LogP contribution in [0.25, 0.3) is 0 Å². The van der Waals surface area contributed by atoms with Gasteiger partial charge in [0.25, 0.3) is 11.5 Å². The van der Waals surface area contributed by atoms with Crippen LogP contribution in [0.3, 0.4) is 0 Å². The lowest BCUT2D eigenvalue weighted by atomic mass is 10.00. The van der Waals surface area contributed by atoms with E-state index >= 15 is 0 Å². The molecule has 9 heteroatoms. The second kappa shape index (κ2) is 5.64. The van der Waals surface area contributed by atoms with Crippen LogP contribution >= 0.6 is 0 Å². The fourth-order valence-electron chi connectivity index (χ4n) is 2.85. The van der Waals surface area contributed by atoms with Crippen molar-refractivity contribution in [2.24, 2.45) is 0 Å². The van der Waals surface area contributed by atoms with Gasteiger partial charge in [0.05, 0.1) is 25.3 Å². The number of nitrogens with zero attached hydrogens (tertiary/aromatic N) is 1. The van der Waals surface area contributed by atoms with Crippen molar-refractivity contribution in [1.82, 2.24) is 9.88 Å². The van der Waals surface area contributed by atoms with Crippen LogP contribution in [0.4, 0.5) is 13.2 Å². The second-order valence-electron chi connectivity index (χ2n) is 5.69. The van der Waals surface area contributed by atoms with Crippen molar-refractivity contribution in [3.05, 3.63) is 33.7 Å². The van der Waals surface area contributed by atoms with Gasteiger partial charge in [0.1, 0.15) is 11.2 Å². The molecule has 1 spiro atoms. The molecule has 1 N–H and O–H groups in total. The maximum absolute atomic E-state index is 12.8. The van der Waals surface area contributed by atoms with Crippen LogP contribution < -0.4 is 5.56 Å². The first-order valence-electron chi connectivity index (χ1n) is 7.12. The average molecular weight is 332 g/mol. The summed E-state index contributed by atoms with van der Waals surface area (Å²) in [5, 5.41) is 0. The molecule has 126 valence electrons. The number of aromatic amines is 1. The fourth-order valence-corrected chi connectivity index (χ4v) is 2.85. The van der Waals surface area contributed by atoms with Gasteiger partial charge in [0.15, 0.2) is 0 Å². The van der Waals surface area contributed by atoms with Crippen molar-refractivity contribution in [2.45, 2.75) is 18.2 Å². The third-order valence-electron chi connectivity index (χ3n) is 4.06. The molecule has 2 aliphatic heterocycles. The first-order chi connectivity index (χ1) is 10.8. The molecule has 1 aromatic rings. The van der Waals surface area contributed by atoms with Crippen molar-refractivity contribution in [2.75, 3.05) is 32.9 Å². The molecule has 0 radical (unpaired) electrons. The molecule has 2 fully saturated rings. The first kappa shape index (κ1) is 16.0. The Morgan fingerprint density at radius 2 is 2.13 bits per heavy atom. The molecule has 0 aromatic carbocycles. The Morgan fingerprint density at radius 3 is 2.78 bits per heavy atom. The monoisotopic (exact) mass is 332 g/mol. The Balaban J connectivity index is 1.84. The van der Waals surface area contributed by atoms with Crippen LogP contribution in [0.2, 0.25) is 0 Å². The molecule has 0 aliphatic carbocycles. The van der Waals surface area contributed by atoms with E-state index in [9.17, 15) is 22.8 Å². The van der Waals surface area contributed by atoms with Crippen LogP contribution in [-0.2, 0) is 15.7 Å². The number of aromatic nitrogens is 1. The van der Waals surface area contributed by atoms with E-state index in [2.05, 4.69) is 0 Å². The number of halogens is 3. The second-order valence-corrected chi connectivity index (χ2v) is 5.69. The van der Waals surface area contributed by atoms with Gasteiger partial charge in [0.2, 0.25) is 0 Å². The lowest BCUT2D eigenvalue weighted by Crippen LogP contribution is -2.54. The van der Waals surface area contributed by atoms with E-state index in [1.807, 2.05) is 4.98 Å². The number of ether oxygens (including phenoxy) is 2. The van der Waals surface area contributed by atoms with Crippen molar-refractivity contribution in [3.63, 3.8) is 0 Å². The summed E-state index contributed by atoms with van der Waals surface area (Å²) in [6, 6.07) is 0.592. The summed E-state index contributed by atoms with van der Waals surface area (Å²) in [6.07, 6.45) is -3.17. The summed E-state index contributed by atoms with van der Waals surface area (Å²) in [5.41, 5.74) is -3.43. The summed E-state index contributed by atoms with van der Waals surface area (Å²) in [4.78, 5) is 27.2. The van der Waals surface area contributed by atoms with Gasteiger partial charge in [0, 0.05) is 25.8 Å². The van der Waals surface area contributed by atoms with Crippen molar-refractivity contribution in [1.29, 1.82) is 0 Å². The normalized spacial score (nSPS) is 25.1. The quantitative estimate of drug-likeness (QED) is 0.834. The molecule has 3 heterocycles. The zero-order valence-corrected chi connectivity index (χ0v) is 12.1. The third kappa shape index (κ3) is 3.11. The highest BCUT2D eigenvalue weighted by Crippen LogP contribution is 2.29. The van der Waals surface area contributed by atoms with Crippen LogP contribution in [-0.4, -0.2) is 54.3 Å². The van der Waals surface area contributed by atoms with Gasteiger partial charge >= 0.3 is 6.18 Å². The molecule has 0 saturated carbocycles. The summed E-state index contributed by atoms with van der Waals surface area (Å²) in [6.45, 7) is 1.72. The first-order valence-corrected chi connectivity index (χ1v) is 7.12. The minimum atomic E-state index is -4.81. The zero-order chi connectivity index (χ0) is 16.7. The van der Waals surface area contributed by atoms with E-state index in [0.717, 1.165) is 6.20 Å². The highest BCUT2D eigenvalue weighted by molar-refractivity contribution is 5.94. The molecular weight excluding hydrogens is 317 g/mol. The van der Waals surface area contributed by atoms with E-state index in [0.29, 0.717) is 32.3 Å². The Labute approximate surface area is 129 Å². The SMILES string of the molecule is O=C(c1c[nH]c(=O)c(C(F)(F)F)c1)N1CCOC2(CCOC2)C1. The number of H-pyrrole nitrogens is 1. The molecule has 3 rings (SSSR count). The molecular formula is C14H15F3N2O4. The van der Waals surface area contributed by atoms with Crippen LogP contribution in [0.15, 0.2) is 17.1 Å². The number of morpholine rings is 1. The van der Waals surface area contributed by atoms with Gasteiger partial charge in [-0.3, -0.25) is 9.59 Å². The fraction of sp³-hybridized carbons (Fsp3) is 0.571. The molecule has 1 unspecified atom stereocenters. The number of hydrogen-bond acceptors (Lipinski definition) is 4. The Hall–Kier alpha value is -1.87. The number of hydrogen-bond donors (Lipinski definition) is 1. The van der Waals surface area contributed by atoms with Crippen LogP contribution in [0.1, 0.15) is 22.3 Å². The van der Waals surface area contributed by atoms with Crippen LogP contribution in [0, 0.1) is 0 Å². The van der Waals surface area contributed by atoms with E-state index in [-0.39, 0.29) is 18.7 Å². The van der Waals surface area contributed by atoms with E-state index in [4.69, 9.17) is 9.47 Å². The number of carbonyl (C=O) groups is 1. The number of pyridine rings is 1. The molecule has 23 heavy (non-hydrogen) atoms. The minimum absolute atomic E-state index is 0.201. The maximum Gasteiger partial charge on any atom is 0.421 e. The maximum atomic E-state index is 12.8. The summed E-state index contributed by atoms with van der Waals surface area (Å²) < 4.78 is 49.4. The lowest BCUT2D eigenvalue weighted by Gasteiger charge is -2.39. The minimum Gasteiger partial charge on any atom is -0.378 e. The third-order valence-corrected chi connectivity index (χ3v) is 4.06.